The fourth-order valence-electron chi connectivity index (χ4n) is 0.808. The second-order valence-corrected chi connectivity index (χ2v) is 4.33. The second-order valence-electron chi connectivity index (χ2n) is 3.01. The minimum absolute atomic E-state index is 0.156. The summed E-state index contributed by atoms with van der Waals surface area (Å²) in [6.45, 7) is 3.89. The molecule has 2 heteroatoms. The molecule has 1 aromatic rings. The number of hydrogen-bond donors (Lipinski definition) is 0. The predicted octanol–water partition coefficient (Wildman–Crippen LogP) is 2.17. The molecule has 0 spiro atoms. The van der Waals surface area contributed by atoms with Crippen LogP contribution >= 0.6 is 8.58 Å². The molecule has 1 aromatic carbocycles. The Morgan fingerprint density at radius 2 is 1.83 bits per heavy atom. The first-order valence-electron chi connectivity index (χ1n) is 4.06. The third-order valence-corrected chi connectivity index (χ3v) is 3.01. The molecule has 1 rings (SSSR count). The molecule has 1 nitrogen and oxygen atoms in total. The lowest BCUT2D eigenvalue weighted by atomic mass is 10.3. The van der Waals surface area contributed by atoms with Gasteiger partial charge in [-0.2, -0.15) is 0 Å². The zero-order valence-electron chi connectivity index (χ0n) is 7.37. The van der Waals surface area contributed by atoms with Crippen molar-refractivity contribution >= 4 is 19.4 Å². The minimum atomic E-state index is 0.156. The summed E-state index contributed by atoms with van der Waals surface area (Å²) >= 11 is 0. The van der Waals surface area contributed by atoms with E-state index >= 15 is 0 Å². The third-order valence-electron chi connectivity index (χ3n) is 1.57. The van der Waals surface area contributed by atoms with E-state index < -0.39 is 0 Å². The average molecular weight is 180 g/mol. The van der Waals surface area contributed by atoms with Crippen LogP contribution in [0, 0.1) is 5.92 Å². The van der Waals surface area contributed by atoms with E-state index in [9.17, 15) is 4.79 Å². The van der Waals surface area contributed by atoms with Crippen molar-refractivity contribution in [3.8, 4) is 0 Å². The Kier molecular flexibility index (Phi) is 3.43. The van der Waals surface area contributed by atoms with Gasteiger partial charge in [-0.05, 0) is 13.9 Å². The highest BCUT2D eigenvalue weighted by atomic mass is 31.1. The van der Waals surface area contributed by atoms with Crippen LogP contribution in [0.5, 0.6) is 0 Å². The maximum absolute atomic E-state index is 11.3. The highest BCUT2D eigenvalue weighted by molar-refractivity contribution is 7.65. The Hall–Kier alpha value is -0.680. The smallest absolute Gasteiger partial charge is 0.158 e. The molecule has 64 valence electrons. The fourth-order valence-corrected chi connectivity index (χ4v) is 1.74. The van der Waals surface area contributed by atoms with Crippen LogP contribution in [-0.2, 0) is 4.79 Å². The quantitative estimate of drug-likeness (QED) is 0.651. The lowest BCUT2D eigenvalue weighted by Gasteiger charge is -2.02. The van der Waals surface area contributed by atoms with E-state index in [1.165, 1.54) is 0 Å². The first kappa shape index (κ1) is 9.41. The van der Waals surface area contributed by atoms with Crippen molar-refractivity contribution in [3.05, 3.63) is 30.3 Å². The Morgan fingerprint density at radius 3 is 2.33 bits per heavy atom. The van der Waals surface area contributed by atoms with Gasteiger partial charge in [0.1, 0.15) is 0 Å². The fraction of sp³-hybridized carbons (Fsp3) is 0.300. The highest BCUT2D eigenvalue weighted by Crippen LogP contribution is 2.16. The van der Waals surface area contributed by atoms with Crippen LogP contribution in [0.15, 0.2) is 30.3 Å². The first-order valence-corrected chi connectivity index (χ1v) is 5.06. The van der Waals surface area contributed by atoms with Crippen molar-refractivity contribution in [1.82, 2.24) is 0 Å². The van der Waals surface area contributed by atoms with E-state index in [1.54, 1.807) is 0 Å². The number of rotatable bonds is 3. The number of benzene rings is 1. The van der Waals surface area contributed by atoms with Gasteiger partial charge in [0.25, 0.3) is 0 Å². The van der Waals surface area contributed by atoms with Crippen molar-refractivity contribution in [2.45, 2.75) is 13.8 Å². The number of carbonyl (C=O) groups excluding carboxylic acids is 1. The zero-order valence-corrected chi connectivity index (χ0v) is 8.37. The van der Waals surface area contributed by atoms with E-state index in [0.29, 0.717) is 14.1 Å². The van der Waals surface area contributed by atoms with Crippen LogP contribution in [0.2, 0.25) is 0 Å². The van der Waals surface area contributed by atoms with E-state index in [1.807, 2.05) is 44.2 Å². The number of carbonyl (C=O) groups is 1. The van der Waals surface area contributed by atoms with Crippen LogP contribution in [0.25, 0.3) is 0 Å². The van der Waals surface area contributed by atoms with Crippen molar-refractivity contribution in [3.63, 3.8) is 0 Å². The molecule has 0 fully saturated rings. The van der Waals surface area contributed by atoms with Crippen molar-refractivity contribution < 1.29 is 4.79 Å². The van der Waals surface area contributed by atoms with Gasteiger partial charge in [-0.3, -0.25) is 4.79 Å². The monoisotopic (exact) mass is 180 g/mol. The molecule has 0 heterocycles. The van der Waals surface area contributed by atoms with Gasteiger partial charge in [-0.15, -0.1) is 0 Å². The molecule has 0 aliphatic heterocycles. The molecule has 0 saturated carbocycles. The molecule has 0 aliphatic carbocycles. The summed E-state index contributed by atoms with van der Waals surface area (Å²) in [6, 6.07) is 9.90. The largest absolute Gasteiger partial charge is 0.294 e. The minimum Gasteiger partial charge on any atom is -0.294 e. The lowest BCUT2D eigenvalue weighted by Crippen LogP contribution is -2.05. The van der Waals surface area contributed by atoms with Crippen molar-refractivity contribution in [2.24, 2.45) is 5.92 Å². The van der Waals surface area contributed by atoms with E-state index in [-0.39, 0.29) is 5.92 Å². The highest BCUT2D eigenvalue weighted by Gasteiger charge is 2.06. The summed E-state index contributed by atoms with van der Waals surface area (Å²) in [5.74, 6) is 0.156. The molecular formula is C10H13OP. The Bertz CT molecular complexity index is 254. The zero-order chi connectivity index (χ0) is 8.97. The summed E-state index contributed by atoms with van der Waals surface area (Å²) in [7, 11) is 0.320. The molecular weight excluding hydrogens is 167 g/mol. The average Bonchev–Trinajstić information content (AvgIpc) is 2.06. The first-order chi connectivity index (χ1) is 5.70. The van der Waals surface area contributed by atoms with Gasteiger partial charge in [-0.25, -0.2) is 0 Å². The molecule has 0 bridgehead atoms. The van der Waals surface area contributed by atoms with Crippen LogP contribution < -0.4 is 5.30 Å². The van der Waals surface area contributed by atoms with E-state index in [0.717, 1.165) is 5.30 Å². The van der Waals surface area contributed by atoms with Gasteiger partial charge in [-0.1, -0.05) is 44.2 Å². The summed E-state index contributed by atoms with van der Waals surface area (Å²) in [6.07, 6.45) is 0. The van der Waals surface area contributed by atoms with Crippen LogP contribution in [0.3, 0.4) is 0 Å². The van der Waals surface area contributed by atoms with Crippen LogP contribution in [-0.4, -0.2) is 5.52 Å². The summed E-state index contributed by atoms with van der Waals surface area (Å²) in [5.41, 5.74) is 0.334. The molecule has 0 aromatic heterocycles. The van der Waals surface area contributed by atoms with E-state index in [4.69, 9.17) is 0 Å². The normalized spacial score (nSPS) is 11.2. The molecule has 0 amide bonds. The molecule has 0 saturated heterocycles. The van der Waals surface area contributed by atoms with Gasteiger partial charge < -0.3 is 0 Å². The molecule has 0 aliphatic rings. The van der Waals surface area contributed by atoms with Gasteiger partial charge in [0.05, 0.1) is 0 Å². The van der Waals surface area contributed by atoms with Crippen LogP contribution in [0.4, 0.5) is 0 Å². The maximum Gasteiger partial charge on any atom is 0.158 e. The molecule has 1 atom stereocenters. The molecule has 1 unspecified atom stereocenters. The Labute approximate surface area is 75.0 Å². The Balaban J connectivity index is 2.59. The van der Waals surface area contributed by atoms with Crippen molar-refractivity contribution in [2.75, 3.05) is 0 Å². The summed E-state index contributed by atoms with van der Waals surface area (Å²) in [4.78, 5) is 11.3. The van der Waals surface area contributed by atoms with Crippen molar-refractivity contribution in [1.29, 1.82) is 0 Å². The topological polar surface area (TPSA) is 17.1 Å². The van der Waals surface area contributed by atoms with Crippen LogP contribution in [0.1, 0.15) is 13.8 Å². The molecule has 12 heavy (non-hydrogen) atoms. The summed E-state index contributed by atoms with van der Waals surface area (Å²) < 4.78 is 0. The van der Waals surface area contributed by atoms with Gasteiger partial charge in [0, 0.05) is 5.92 Å². The third kappa shape index (κ3) is 2.75. The van der Waals surface area contributed by atoms with Gasteiger partial charge in [0.2, 0.25) is 0 Å². The number of hydrogen-bond acceptors (Lipinski definition) is 1. The SMILES string of the molecule is CC(C)C(=O)Pc1ccccc1. The van der Waals surface area contributed by atoms with Gasteiger partial charge >= 0.3 is 0 Å². The predicted molar refractivity (Wildman–Crippen MR) is 54.2 cm³/mol. The maximum atomic E-state index is 11.3. The van der Waals surface area contributed by atoms with E-state index in [2.05, 4.69) is 0 Å². The Morgan fingerprint density at radius 1 is 1.25 bits per heavy atom. The van der Waals surface area contributed by atoms with Gasteiger partial charge in [0.15, 0.2) is 5.52 Å². The molecule has 0 N–H and O–H groups in total. The molecule has 0 radical (unpaired) electrons. The lowest BCUT2D eigenvalue weighted by molar-refractivity contribution is -0.113. The second kappa shape index (κ2) is 4.37. The summed E-state index contributed by atoms with van der Waals surface area (Å²) in [5, 5.41) is 1.14. The standard InChI is InChI=1S/C10H13OP/c1-8(2)10(11)12-9-6-4-3-5-7-9/h3-8,12H,1-2H3.